The van der Waals surface area contributed by atoms with Crippen molar-refractivity contribution >= 4 is 28.1 Å². The molecule has 0 radical (unpaired) electrons. The Bertz CT molecular complexity index is 705. The number of H-pyrrole nitrogens is 1. The number of aryl methyl sites for hydroxylation is 1. The minimum atomic E-state index is 0.552. The Balaban J connectivity index is 2.13. The summed E-state index contributed by atoms with van der Waals surface area (Å²) in [6.07, 6.45) is 7.76. The monoisotopic (exact) mass is 363 g/mol. The van der Waals surface area contributed by atoms with E-state index in [2.05, 4.69) is 43.9 Å². The average Bonchev–Trinajstić information content (AvgIpc) is 3.04. The SMILES string of the molecule is CCc1cccnc1-c1nc(=S)c(Br)c(C2CCCC2)[nH]1. The highest BCUT2D eigenvalue weighted by Gasteiger charge is 2.22. The maximum atomic E-state index is 5.44. The number of aromatic amines is 1. The van der Waals surface area contributed by atoms with Gasteiger partial charge < -0.3 is 4.98 Å². The highest BCUT2D eigenvalue weighted by Crippen LogP contribution is 2.37. The van der Waals surface area contributed by atoms with E-state index in [1.54, 1.807) is 0 Å². The number of rotatable bonds is 3. The zero-order valence-corrected chi connectivity index (χ0v) is 14.4. The number of pyridine rings is 1. The molecule has 0 bridgehead atoms. The fraction of sp³-hybridized carbons (Fsp3) is 0.438. The first-order chi connectivity index (χ1) is 10.2. The molecular formula is C16H18BrN3S. The van der Waals surface area contributed by atoms with E-state index in [1.165, 1.54) is 36.9 Å². The fourth-order valence-electron chi connectivity index (χ4n) is 3.02. The molecule has 0 aromatic carbocycles. The first kappa shape index (κ1) is 14.9. The van der Waals surface area contributed by atoms with E-state index in [9.17, 15) is 0 Å². The lowest BCUT2D eigenvalue weighted by Gasteiger charge is -2.14. The molecule has 1 aliphatic carbocycles. The van der Waals surface area contributed by atoms with Gasteiger partial charge >= 0.3 is 0 Å². The summed E-state index contributed by atoms with van der Waals surface area (Å²) in [6.45, 7) is 2.13. The Kier molecular flexibility index (Phi) is 4.50. The molecule has 3 nitrogen and oxygen atoms in total. The van der Waals surface area contributed by atoms with Gasteiger partial charge in [-0.1, -0.05) is 38.0 Å². The van der Waals surface area contributed by atoms with Crippen LogP contribution in [0.25, 0.3) is 11.5 Å². The molecule has 2 aromatic rings. The van der Waals surface area contributed by atoms with Gasteiger partial charge in [0.2, 0.25) is 0 Å². The Hall–Kier alpha value is -1.07. The summed E-state index contributed by atoms with van der Waals surface area (Å²) in [5.74, 6) is 1.35. The Morgan fingerprint density at radius 1 is 1.38 bits per heavy atom. The summed E-state index contributed by atoms with van der Waals surface area (Å²) in [6, 6.07) is 4.06. The van der Waals surface area contributed by atoms with Crippen molar-refractivity contribution in [1.82, 2.24) is 15.0 Å². The molecule has 0 atom stereocenters. The van der Waals surface area contributed by atoms with E-state index in [0.29, 0.717) is 10.6 Å². The lowest BCUT2D eigenvalue weighted by molar-refractivity contribution is 0.689. The van der Waals surface area contributed by atoms with Crippen LogP contribution in [0.1, 0.15) is 49.8 Å². The molecule has 110 valence electrons. The molecule has 1 N–H and O–H groups in total. The van der Waals surface area contributed by atoms with Crippen molar-refractivity contribution < 1.29 is 0 Å². The standard InChI is InChI=1S/C16H18BrN3S/c1-2-10-8-5-9-18-14(10)15-19-13(11-6-3-4-7-11)12(17)16(21)20-15/h5,8-9,11H,2-4,6-7H2,1H3,(H,19,20,21). The third kappa shape index (κ3) is 2.94. The Labute approximate surface area is 138 Å². The van der Waals surface area contributed by atoms with Crippen molar-refractivity contribution in [3.63, 3.8) is 0 Å². The third-order valence-electron chi connectivity index (χ3n) is 4.15. The topological polar surface area (TPSA) is 41.6 Å². The van der Waals surface area contributed by atoms with Crippen molar-refractivity contribution in [2.45, 2.75) is 44.9 Å². The van der Waals surface area contributed by atoms with Gasteiger partial charge in [0, 0.05) is 17.8 Å². The van der Waals surface area contributed by atoms with Crippen LogP contribution in [0, 0.1) is 4.64 Å². The van der Waals surface area contributed by atoms with Crippen LogP contribution in [0.15, 0.2) is 22.8 Å². The summed E-state index contributed by atoms with van der Waals surface area (Å²) in [5, 5.41) is 0. The van der Waals surface area contributed by atoms with Gasteiger partial charge in [-0.25, -0.2) is 4.98 Å². The third-order valence-corrected chi connectivity index (χ3v) is 5.51. The van der Waals surface area contributed by atoms with Gasteiger partial charge in [0.15, 0.2) is 5.82 Å². The zero-order valence-electron chi connectivity index (χ0n) is 12.0. The van der Waals surface area contributed by atoms with Crippen LogP contribution < -0.4 is 0 Å². The van der Waals surface area contributed by atoms with Crippen LogP contribution in [0.5, 0.6) is 0 Å². The van der Waals surface area contributed by atoms with E-state index >= 15 is 0 Å². The first-order valence-electron chi connectivity index (χ1n) is 7.44. The van der Waals surface area contributed by atoms with Crippen LogP contribution in [0.4, 0.5) is 0 Å². The van der Waals surface area contributed by atoms with E-state index in [0.717, 1.165) is 22.4 Å². The molecule has 2 aromatic heterocycles. The van der Waals surface area contributed by atoms with E-state index in [4.69, 9.17) is 12.2 Å². The average molecular weight is 364 g/mol. The largest absolute Gasteiger partial charge is 0.341 e. The smallest absolute Gasteiger partial charge is 0.158 e. The van der Waals surface area contributed by atoms with Crippen LogP contribution in [0.3, 0.4) is 0 Å². The molecule has 5 heteroatoms. The quantitative estimate of drug-likeness (QED) is 0.763. The van der Waals surface area contributed by atoms with Crippen molar-refractivity contribution in [2.24, 2.45) is 0 Å². The lowest BCUT2D eigenvalue weighted by atomic mass is 10.0. The van der Waals surface area contributed by atoms with E-state index in [1.807, 2.05) is 12.3 Å². The van der Waals surface area contributed by atoms with Crippen molar-refractivity contribution in [3.8, 4) is 11.5 Å². The molecule has 0 spiro atoms. The van der Waals surface area contributed by atoms with Gasteiger partial charge in [0.05, 0.1) is 4.47 Å². The highest BCUT2D eigenvalue weighted by molar-refractivity contribution is 9.10. The molecule has 3 rings (SSSR count). The van der Waals surface area contributed by atoms with Gasteiger partial charge in [-0.15, -0.1) is 0 Å². The van der Waals surface area contributed by atoms with Crippen LogP contribution >= 0.6 is 28.1 Å². The molecule has 2 heterocycles. The molecule has 0 aliphatic heterocycles. The number of hydrogen-bond acceptors (Lipinski definition) is 3. The number of nitrogens with zero attached hydrogens (tertiary/aromatic N) is 2. The Morgan fingerprint density at radius 2 is 2.14 bits per heavy atom. The van der Waals surface area contributed by atoms with Gasteiger partial charge in [0.25, 0.3) is 0 Å². The van der Waals surface area contributed by atoms with Gasteiger partial charge in [0.1, 0.15) is 10.3 Å². The second-order valence-corrected chi connectivity index (χ2v) is 6.64. The minimum absolute atomic E-state index is 0.552. The first-order valence-corrected chi connectivity index (χ1v) is 8.64. The second-order valence-electron chi connectivity index (χ2n) is 5.46. The van der Waals surface area contributed by atoms with Crippen LogP contribution in [0.2, 0.25) is 0 Å². The molecule has 1 fully saturated rings. The van der Waals surface area contributed by atoms with Crippen molar-refractivity contribution in [2.75, 3.05) is 0 Å². The maximum Gasteiger partial charge on any atom is 0.158 e. The fourth-order valence-corrected chi connectivity index (χ4v) is 3.73. The van der Waals surface area contributed by atoms with Gasteiger partial charge in [-0.2, -0.15) is 0 Å². The maximum absolute atomic E-state index is 5.44. The number of aromatic nitrogens is 3. The summed E-state index contributed by atoms with van der Waals surface area (Å²) in [4.78, 5) is 12.5. The van der Waals surface area contributed by atoms with Crippen molar-refractivity contribution in [3.05, 3.63) is 38.7 Å². The number of halogens is 1. The van der Waals surface area contributed by atoms with Crippen LogP contribution in [-0.2, 0) is 6.42 Å². The minimum Gasteiger partial charge on any atom is -0.341 e. The molecule has 0 unspecified atom stereocenters. The Morgan fingerprint density at radius 3 is 2.86 bits per heavy atom. The normalized spacial score (nSPS) is 15.5. The summed E-state index contributed by atoms with van der Waals surface area (Å²) < 4.78 is 1.57. The summed E-state index contributed by atoms with van der Waals surface area (Å²) >= 11 is 9.05. The van der Waals surface area contributed by atoms with Gasteiger partial charge in [-0.3, -0.25) is 4.98 Å². The summed E-state index contributed by atoms with van der Waals surface area (Å²) in [7, 11) is 0. The highest BCUT2D eigenvalue weighted by atomic mass is 79.9. The molecule has 1 aliphatic rings. The van der Waals surface area contributed by atoms with E-state index < -0.39 is 0 Å². The molecule has 0 saturated heterocycles. The molecule has 0 amide bonds. The second kappa shape index (κ2) is 6.36. The van der Waals surface area contributed by atoms with Gasteiger partial charge in [-0.05, 0) is 46.8 Å². The predicted octanol–water partition coefficient (Wildman–Crippen LogP) is 5.18. The van der Waals surface area contributed by atoms with Crippen LogP contribution in [-0.4, -0.2) is 15.0 Å². The molecular weight excluding hydrogens is 346 g/mol. The lowest BCUT2D eigenvalue weighted by Crippen LogP contribution is -2.04. The van der Waals surface area contributed by atoms with Crippen molar-refractivity contribution in [1.29, 1.82) is 0 Å². The zero-order chi connectivity index (χ0) is 14.8. The van der Waals surface area contributed by atoms with E-state index in [-0.39, 0.29) is 0 Å². The predicted molar refractivity (Wildman–Crippen MR) is 90.9 cm³/mol. The number of nitrogens with one attached hydrogen (secondary N) is 1. The molecule has 21 heavy (non-hydrogen) atoms. The summed E-state index contributed by atoms with van der Waals surface area (Å²) in [5.41, 5.74) is 3.29. The molecule has 1 saturated carbocycles. The number of hydrogen-bond donors (Lipinski definition) is 1.